The summed E-state index contributed by atoms with van der Waals surface area (Å²) in [6.07, 6.45) is 2.74. The molecule has 2 aromatic heterocycles. The number of hydrogen-bond acceptors (Lipinski definition) is 6. The highest BCUT2D eigenvalue weighted by atomic mass is 79.9. The average Bonchev–Trinajstić information content (AvgIpc) is 2.73. The quantitative estimate of drug-likeness (QED) is 0.688. The van der Waals surface area contributed by atoms with Crippen LogP contribution >= 0.6 is 27.3 Å². The molecule has 2 aromatic rings. The fourth-order valence-corrected chi connectivity index (χ4v) is 2.56. The first kappa shape index (κ1) is 12.9. The molecule has 0 bridgehead atoms. The molecule has 0 aromatic carbocycles. The Kier molecular flexibility index (Phi) is 3.87. The number of nitro groups is 1. The highest BCUT2D eigenvalue weighted by Gasteiger charge is 2.17. The van der Waals surface area contributed by atoms with E-state index in [1.54, 1.807) is 0 Å². The fourth-order valence-electron chi connectivity index (χ4n) is 1.39. The maximum Gasteiger partial charge on any atom is 0.311 e. The van der Waals surface area contributed by atoms with Crippen LogP contribution in [0, 0.1) is 17.0 Å². The van der Waals surface area contributed by atoms with Gasteiger partial charge in [0, 0.05) is 17.3 Å². The van der Waals surface area contributed by atoms with E-state index in [2.05, 4.69) is 31.2 Å². The van der Waals surface area contributed by atoms with Crippen LogP contribution in [0.1, 0.15) is 10.7 Å². The molecule has 0 fully saturated rings. The molecule has 0 saturated heterocycles. The van der Waals surface area contributed by atoms with Gasteiger partial charge in [-0.1, -0.05) is 0 Å². The summed E-state index contributed by atoms with van der Waals surface area (Å²) in [6, 6.07) is 0. The molecule has 0 spiro atoms. The lowest BCUT2D eigenvalue weighted by atomic mass is 10.3. The minimum absolute atomic E-state index is 0.0577. The fraction of sp³-hybridized carbons (Fsp3) is 0.200. The van der Waals surface area contributed by atoms with Gasteiger partial charge in [0.1, 0.15) is 16.9 Å². The molecule has 0 aliphatic rings. The largest absolute Gasteiger partial charge is 0.372 e. The molecule has 1 N–H and O–H groups in total. The lowest BCUT2D eigenvalue weighted by molar-refractivity contribution is -0.384. The minimum Gasteiger partial charge on any atom is -0.372 e. The van der Waals surface area contributed by atoms with Gasteiger partial charge in [-0.2, -0.15) is 0 Å². The topological polar surface area (TPSA) is 81.0 Å². The number of anilines is 1. The highest BCUT2D eigenvalue weighted by molar-refractivity contribution is 9.10. The third kappa shape index (κ3) is 2.82. The predicted molar refractivity (Wildman–Crippen MR) is 72.8 cm³/mol. The first-order valence-electron chi connectivity index (χ1n) is 5.00. The molecule has 6 nitrogen and oxygen atoms in total. The van der Waals surface area contributed by atoms with Gasteiger partial charge in [0.05, 0.1) is 15.9 Å². The van der Waals surface area contributed by atoms with E-state index in [1.807, 2.05) is 12.3 Å². The summed E-state index contributed by atoms with van der Waals surface area (Å²) in [5.41, 5.74) is 1.31. The molecule has 0 saturated carbocycles. The van der Waals surface area contributed by atoms with Crippen LogP contribution in [0.2, 0.25) is 0 Å². The Balaban J connectivity index is 2.20. The van der Waals surface area contributed by atoms with Crippen molar-refractivity contribution in [3.63, 3.8) is 0 Å². The van der Waals surface area contributed by atoms with Crippen LogP contribution < -0.4 is 5.32 Å². The van der Waals surface area contributed by atoms with E-state index in [0.717, 1.165) is 10.7 Å². The van der Waals surface area contributed by atoms with Crippen LogP contribution in [0.3, 0.4) is 0 Å². The number of pyridine rings is 1. The molecule has 0 aliphatic heterocycles. The van der Waals surface area contributed by atoms with Crippen molar-refractivity contribution in [2.75, 3.05) is 5.32 Å². The highest BCUT2D eigenvalue weighted by Crippen LogP contribution is 2.31. The summed E-state index contributed by atoms with van der Waals surface area (Å²) in [6.45, 7) is 2.35. The van der Waals surface area contributed by atoms with E-state index in [9.17, 15) is 10.1 Å². The maximum absolute atomic E-state index is 10.9. The zero-order valence-electron chi connectivity index (χ0n) is 9.38. The van der Waals surface area contributed by atoms with Gasteiger partial charge in [0.15, 0.2) is 0 Å². The second-order valence-corrected chi connectivity index (χ2v) is 5.31. The molecule has 2 heterocycles. The molecular weight excluding hydrogens is 320 g/mol. The minimum atomic E-state index is -0.465. The van der Waals surface area contributed by atoms with Crippen molar-refractivity contribution in [3.05, 3.63) is 43.1 Å². The maximum atomic E-state index is 10.9. The first-order chi connectivity index (χ1) is 8.58. The van der Waals surface area contributed by atoms with E-state index in [-0.39, 0.29) is 5.69 Å². The number of hydrogen-bond donors (Lipinski definition) is 1. The Morgan fingerprint density at radius 3 is 2.94 bits per heavy atom. The monoisotopic (exact) mass is 328 g/mol. The summed E-state index contributed by atoms with van der Waals surface area (Å²) in [5, 5.41) is 16.7. The predicted octanol–water partition coefficient (Wildman–Crippen LogP) is 3.13. The second-order valence-electron chi connectivity index (χ2n) is 3.51. The third-order valence-corrected chi connectivity index (χ3v) is 3.73. The normalized spacial score (nSPS) is 10.3. The smallest absolute Gasteiger partial charge is 0.311 e. The number of aryl methyl sites for hydroxylation is 1. The van der Waals surface area contributed by atoms with E-state index in [4.69, 9.17) is 0 Å². The van der Waals surface area contributed by atoms with E-state index in [1.165, 1.54) is 23.7 Å². The van der Waals surface area contributed by atoms with Crippen LogP contribution in [0.4, 0.5) is 11.4 Å². The van der Waals surface area contributed by atoms with Gasteiger partial charge >= 0.3 is 5.69 Å². The lowest BCUT2D eigenvalue weighted by Gasteiger charge is -2.06. The van der Waals surface area contributed by atoms with Gasteiger partial charge in [0.2, 0.25) is 0 Å². The number of aromatic nitrogens is 2. The zero-order chi connectivity index (χ0) is 13.1. The SMILES string of the molecule is Cc1csc(CNc2c(Br)cncc2[N+](=O)[O-])n1. The van der Waals surface area contributed by atoms with Gasteiger partial charge < -0.3 is 5.32 Å². The molecule has 0 aliphatic carbocycles. The van der Waals surface area contributed by atoms with E-state index in [0.29, 0.717) is 16.7 Å². The van der Waals surface area contributed by atoms with Crippen molar-refractivity contribution >= 4 is 38.6 Å². The van der Waals surface area contributed by atoms with Crippen molar-refractivity contribution < 1.29 is 4.92 Å². The van der Waals surface area contributed by atoms with Crippen molar-refractivity contribution in [1.29, 1.82) is 0 Å². The second kappa shape index (κ2) is 5.40. The van der Waals surface area contributed by atoms with Crippen LogP contribution in [0.15, 0.2) is 22.2 Å². The van der Waals surface area contributed by atoms with Crippen molar-refractivity contribution in [3.8, 4) is 0 Å². The van der Waals surface area contributed by atoms with Crippen LogP contribution in [0.25, 0.3) is 0 Å². The summed E-state index contributed by atoms with van der Waals surface area (Å²) >= 11 is 4.76. The van der Waals surface area contributed by atoms with Gasteiger partial charge in [-0.15, -0.1) is 11.3 Å². The van der Waals surface area contributed by atoms with Gasteiger partial charge in [-0.05, 0) is 22.9 Å². The average molecular weight is 329 g/mol. The Bertz CT molecular complexity index is 587. The third-order valence-electron chi connectivity index (χ3n) is 2.16. The molecule has 0 radical (unpaired) electrons. The molecule has 2 rings (SSSR count). The Labute approximate surface area is 115 Å². The number of nitrogens with one attached hydrogen (secondary N) is 1. The number of thiazole rings is 1. The number of nitrogens with zero attached hydrogens (tertiary/aromatic N) is 3. The molecular formula is C10H9BrN4O2S. The van der Waals surface area contributed by atoms with Gasteiger partial charge in [-0.3, -0.25) is 15.1 Å². The Hall–Kier alpha value is -1.54. The molecule has 94 valence electrons. The summed E-state index contributed by atoms with van der Waals surface area (Å²) in [5.74, 6) is 0. The summed E-state index contributed by atoms with van der Waals surface area (Å²) < 4.78 is 0.560. The van der Waals surface area contributed by atoms with Crippen LogP contribution in [-0.4, -0.2) is 14.9 Å². The molecule has 0 unspecified atom stereocenters. The number of rotatable bonds is 4. The van der Waals surface area contributed by atoms with Crippen molar-refractivity contribution in [2.24, 2.45) is 0 Å². The van der Waals surface area contributed by atoms with Crippen molar-refractivity contribution in [2.45, 2.75) is 13.5 Å². The summed E-state index contributed by atoms with van der Waals surface area (Å²) in [4.78, 5) is 18.5. The van der Waals surface area contributed by atoms with Crippen LogP contribution in [-0.2, 0) is 6.54 Å². The van der Waals surface area contributed by atoms with Gasteiger partial charge in [-0.25, -0.2) is 4.98 Å². The number of halogens is 1. The molecule has 18 heavy (non-hydrogen) atoms. The summed E-state index contributed by atoms with van der Waals surface area (Å²) in [7, 11) is 0. The van der Waals surface area contributed by atoms with Crippen molar-refractivity contribution in [1.82, 2.24) is 9.97 Å². The molecule has 0 amide bonds. The van der Waals surface area contributed by atoms with Gasteiger partial charge in [0.25, 0.3) is 0 Å². The lowest BCUT2D eigenvalue weighted by Crippen LogP contribution is -2.03. The van der Waals surface area contributed by atoms with E-state index < -0.39 is 4.92 Å². The van der Waals surface area contributed by atoms with E-state index >= 15 is 0 Å². The van der Waals surface area contributed by atoms with Crippen LogP contribution in [0.5, 0.6) is 0 Å². The Morgan fingerprint density at radius 2 is 2.33 bits per heavy atom. The molecule has 8 heteroatoms. The Morgan fingerprint density at radius 1 is 1.56 bits per heavy atom. The standard InChI is InChI=1S/C10H9BrN4O2S/c1-6-5-18-9(14-6)4-13-10-7(11)2-12-3-8(10)15(16)17/h2-3,5H,4H2,1H3,(H,12,13). The zero-order valence-corrected chi connectivity index (χ0v) is 11.8. The first-order valence-corrected chi connectivity index (χ1v) is 6.68. The molecule has 0 atom stereocenters.